The Bertz CT molecular complexity index is 987. The van der Waals surface area contributed by atoms with Gasteiger partial charge >= 0.3 is 0 Å². The van der Waals surface area contributed by atoms with Gasteiger partial charge in [-0.25, -0.2) is 9.97 Å². The molecule has 0 aliphatic carbocycles. The lowest BCUT2D eigenvalue weighted by Gasteiger charge is -2.05. The first-order valence-corrected chi connectivity index (χ1v) is 7.45. The quantitative estimate of drug-likeness (QED) is 0.611. The van der Waals surface area contributed by atoms with Crippen LogP contribution in [0.4, 0.5) is 5.82 Å². The zero-order valence-electron chi connectivity index (χ0n) is 12.8. The first-order chi connectivity index (χ1) is 11.2. The van der Waals surface area contributed by atoms with E-state index in [4.69, 9.17) is 5.73 Å². The second-order valence-electron chi connectivity index (χ2n) is 5.56. The molecular formula is C19H16N4. The normalized spacial score (nSPS) is 11.0. The summed E-state index contributed by atoms with van der Waals surface area (Å²) < 4.78 is 1.98. The van der Waals surface area contributed by atoms with Crippen LogP contribution in [0.15, 0.2) is 67.1 Å². The maximum atomic E-state index is 6.09. The van der Waals surface area contributed by atoms with Gasteiger partial charge in [-0.2, -0.15) is 0 Å². The summed E-state index contributed by atoms with van der Waals surface area (Å²) in [5, 5.41) is 0.903. The molecule has 4 aromatic rings. The topological polar surface area (TPSA) is 56.7 Å². The van der Waals surface area contributed by atoms with E-state index >= 15 is 0 Å². The van der Waals surface area contributed by atoms with Crippen molar-refractivity contribution in [1.82, 2.24) is 14.5 Å². The highest BCUT2D eigenvalue weighted by Gasteiger charge is 2.13. The molecule has 0 spiro atoms. The lowest BCUT2D eigenvalue weighted by Crippen LogP contribution is -1.94. The van der Waals surface area contributed by atoms with Crippen LogP contribution < -0.4 is 5.73 Å². The summed E-state index contributed by atoms with van der Waals surface area (Å²) in [5.74, 6) is 0.510. The molecule has 4 rings (SSSR count). The lowest BCUT2D eigenvalue weighted by atomic mass is 9.99. The number of benzene rings is 2. The third-order valence-corrected chi connectivity index (χ3v) is 4.06. The Morgan fingerprint density at radius 2 is 1.61 bits per heavy atom. The molecule has 0 bridgehead atoms. The van der Waals surface area contributed by atoms with Crippen LogP contribution in [0.25, 0.3) is 33.3 Å². The fourth-order valence-electron chi connectivity index (χ4n) is 2.95. The van der Waals surface area contributed by atoms with Gasteiger partial charge in [-0.15, -0.1) is 0 Å². The van der Waals surface area contributed by atoms with Gasteiger partial charge in [0.1, 0.15) is 17.8 Å². The highest BCUT2D eigenvalue weighted by atomic mass is 15.0. The number of hydrogen-bond acceptors (Lipinski definition) is 3. The maximum absolute atomic E-state index is 6.09. The molecular weight excluding hydrogens is 284 g/mol. The Morgan fingerprint density at radius 3 is 2.43 bits per heavy atom. The fourth-order valence-corrected chi connectivity index (χ4v) is 2.95. The Kier molecular flexibility index (Phi) is 3.08. The molecule has 0 fully saturated rings. The molecule has 2 aromatic heterocycles. The Labute approximate surface area is 134 Å². The van der Waals surface area contributed by atoms with Crippen molar-refractivity contribution in [1.29, 1.82) is 0 Å². The predicted molar refractivity (Wildman–Crippen MR) is 93.8 cm³/mol. The van der Waals surface area contributed by atoms with Gasteiger partial charge in [-0.1, -0.05) is 48.5 Å². The number of nitrogen functional groups attached to an aromatic ring is 1. The van der Waals surface area contributed by atoms with Crippen molar-refractivity contribution in [2.24, 2.45) is 7.05 Å². The summed E-state index contributed by atoms with van der Waals surface area (Å²) >= 11 is 0. The average Bonchev–Trinajstić information content (AvgIpc) is 2.94. The number of aryl methyl sites for hydroxylation is 1. The van der Waals surface area contributed by atoms with E-state index in [1.165, 1.54) is 17.5 Å². The van der Waals surface area contributed by atoms with Gasteiger partial charge in [0.2, 0.25) is 0 Å². The first-order valence-electron chi connectivity index (χ1n) is 7.45. The molecule has 0 unspecified atom stereocenters. The van der Waals surface area contributed by atoms with Gasteiger partial charge in [0.05, 0.1) is 5.39 Å². The number of rotatable bonds is 2. The zero-order chi connectivity index (χ0) is 15.8. The number of hydrogen-bond donors (Lipinski definition) is 1. The monoisotopic (exact) mass is 300 g/mol. The Balaban J connectivity index is 1.93. The molecule has 0 aliphatic rings. The van der Waals surface area contributed by atoms with Crippen molar-refractivity contribution in [3.05, 3.63) is 67.1 Å². The summed E-state index contributed by atoms with van der Waals surface area (Å²) in [5.41, 5.74) is 11.5. The fraction of sp³-hybridized carbons (Fsp3) is 0.0526. The molecule has 112 valence electrons. The number of anilines is 1. The van der Waals surface area contributed by atoms with Crippen LogP contribution in [0.2, 0.25) is 0 Å². The lowest BCUT2D eigenvalue weighted by molar-refractivity contribution is 0.945. The standard InChI is InChI=1S/C19H16N4/c1-23-11-16(17-18(20)21-12-22-19(17)23)15-9-5-8-14(10-15)13-6-3-2-4-7-13/h2-12H,1H3,(H2,20,21,22). The number of fused-ring (bicyclic) bond motifs is 1. The summed E-state index contributed by atoms with van der Waals surface area (Å²) in [6, 6.07) is 18.8. The molecule has 2 N–H and O–H groups in total. The summed E-state index contributed by atoms with van der Waals surface area (Å²) in [7, 11) is 1.97. The van der Waals surface area contributed by atoms with E-state index in [1.807, 2.05) is 29.8 Å². The van der Waals surface area contributed by atoms with E-state index in [-0.39, 0.29) is 0 Å². The second kappa shape index (κ2) is 5.25. The minimum Gasteiger partial charge on any atom is -0.383 e. The molecule has 23 heavy (non-hydrogen) atoms. The molecule has 0 aliphatic heterocycles. The van der Waals surface area contributed by atoms with E-state index in [2.05, 4.69) is 52.6 Å². The van der Waals surface area contributed by atoms with Crippen molar-refractivity contribution in [2.45, 2.75) is 0 Å². The highest BCUT2D eigenvalue weighted by molar-refractivity contribution is 6.01. The van der Waals surface area contributed by atoms with Gasteiger partial charge in [0.15, 0.2) is 0 Å². The van der Waals surface area contributed by atoms with Gasteiger partial charge < -0.3 is 10.3 Å². The van der Waals surface area contributed by atoms with Gasteiger partial charge in [0.25, 0.3) is 0 Å². The van der Waals surface area contributed by atoms with Crippen LogP contribution in [-0.2, 0) is 7.05 Å². The minimum absolute atomic E-state index is 0.510. The van der Waals surface area contributed by atoms with E-state index in [0.717, 1.165) is 22.2 Å². The van der Waals surface area contributed by atoms with Crippen LogP contribution >= 0.6 is 0 Å². The van der Waals surface area contributed by atoms with E-state index in [1.54, 1.807) is 0 Å². The Morgan fingerprint density at radius 1 is 0.870 bits per heavy atom. The Hall–Kier alpha value is -3.14. The third-order valence-electron chi connectivity index (χ3n) is 4.06. The van der Waals surface area contributed by atoms with Crippen molar-refractivity contribution in [3.63, 3.8) is 0 Å². The third kappa shape index (κ3) is 2.25. The molecule has 0 saturated carbocycles. The average molecular weight is 300 g/mol. The van der Waals surface area contributed by atoms with Crippen LogP contribution in [0, 0.1) is 0 Å². The largest absolute Gasteiger partial charge is 0.383 e. The smallest absolute Gasteiger partial charge is 0.145 e. The zero-order valence-corrected chi connectivity index (χ0v) is 12.8. The number of aromatic nitrogens is 3. The molecule has 2 aromatic carbocycles. The van der Waals surface area contributed by atoms with Crippen LogP contribution in [0.5, 0.6) is 0 Å². The SMILES string of the molecule is Cn1cc(-c2cccc(-c3ccccc3)c2)c2c(N)ncnc21. The summed E-state index contributed by atoms with van der Waals surface area (Å²) in [6.07, 6.45) is 3.56. The van der Waals surface area contributed by atoms with Crippen LogP contribution in [-0.4, -0.2) is 14.5 Å². The van der Waals surface area contributed by atoms with Crippen molar-refractivity contribution in [2.75, 3.05) is 5.73 Å². The second-order valence-corrected chi connectivity index (χ2v) is 5.56. The molecule has 4 heteroatoms. The van der Waals surface area contributed by atoms with E-state index in [0.29, 0.717) is 5.82 Å². The molecule has 2 heterocycles. The molecule has 0 amide bonds. The number of nitrogens with zero attached hydrogens (tertiary/aromatic N) is 3. The van der Waals surface area contributed by atoms with Crippen molar-refractivity contribution >= 4 is 16.9 Å². The highest BCUT2D eigenvalue weighted by Crippen LogP contribution is 2.34. The summed E-state index contributed by atoms with van der Waals surface area (Å²) in [4.78, 5) is 8.48. The van der Waals surface area contributed by atoms with Gasteiger partial charge in [0, 0.05) is 18.8 Å². The molecule has 0 atom stereocenters. The molecule has 4 nitrogen and oxygen atoms in total. The van der Waals surface area contributed by atoms with Gasteiger partial charge in [-0.05, 0) is 22.8 Å². The van der Waals surface area contributed by atoms with Gasteiger partial charge in [-0.3, -0.25) is 0 Å². The minimum atomic E-state index is 0.510. The maximum Gasteiger partial charge on any atom is 0.145 e. The number of nitrogens with two attached hydrogens (primary N) is 1. The molecule has 0 radical (unpaired) electrons. The molecule has 0 saturated heterocycles. The predicted octanol–water partition coefficient (Wildman–Crippen LogP) is 3.88. The van der Waals surface area contributed by atoms with E-state index in [9.17, 15) is 0 Å². The van der Waals surface area contributed by atoms with Crippen molar-refractivity contribution in [3.8, 4) is 22.3 Å². The van der Waals surface area contributed by atoms with Crippen LogP contribution in [0.1, 0.15) is 0 Å². The van der Waals surface area contributed by atoms with Crippen LogP contribution in [0.3, 0.4) is 0 Å². The first kappa shape index (κ1) is 13.5. The summed E-state index contributed by atoms with van der Waals surface area (Å²) in [6.45, 7) is 0. The van der Waals surface area contributed by atoms with E-state index < -0.39 is 0 Å². The van der Waals surface area contributed by atoms with Crippen molar-refractivity contribution < 1.29 is 0 Å².